The van der Waals surface area contributed by atoms with E-state index in [1.54, 1.807) is 72.8 Å². The van der Waals surface area contributed by atoms with Crippen LogP contribution >= 0.6 is 0 Å². The lowest BCUT2D eigenvalue weighted by Gasteiger charge is -2.08. The zero-order valence-electron chi connectivity index (χ0n) is 15.9. The molecule has 30 heavy (non-hydrogen) atoms. The minimum Gasteiger partial charge on any atom is -0.508 e. The number of phenolic OH excluding ortho intramolecular Hbond substituents is 1. The van der Waals surface area contributed by atoms with E-state index in [0.717, 1.165) is 0 Å². The predicted molar refractivity (Wildman–Crippen MR) is 116 cm³/mol. The molecule has 4 aromatic rings. The second-order valence-corrected chi connectivity index (χ2v) is 8.04. The van der Waals surface area contributed by atoms with E-state index in [1.807, 2.05) is 18.2 Å². The molecule has 0 saturated heterocycles. The van der Waals surface area contributed by atoms with Crippen molar-refractivity contribution in [2.45, 2.75) is 9.79 Å². The number of phenols is 1. The van der Waals surface area contributed by atoms with Gasteiger partial charge in [-0.3, -0.25) is 4.79 Å². The molecular formula is C25H18O4S. The average molecular weight is 414 g/mol. The summed E-state index contributed by atoms with van der Waals surface area (Å²) in [6.45, 7) is 0. The number of benzene rings is 4. The zero-order valence-corrected chi connectivity index (χ0v) is 16.7. The molecule has 0 aliphatic heterocycles. The van der Waals surface area contributed by atoms with Crippen molar-refractivity contribution in [1.29, 1.82) is 0 Å². The molecule has 0 aromatic heterocycles. The molecule has 0 radical (unpaired) electrons. The number of hydrogen-bond donors (Lipinski definition) is 1. The first-order valence-electron chi connectivity index (χ1n) is 9.29. The monoisotopic (exact) mass is 414 g/mol. The predicted octanol–water partition coefficient (Wildman–Crippen LogP) is 5.58. The van der Waals surface area contributed by atoms with E-state index in [-0.39, 0.29) is 11.5 Å². The number of hydrogen-bond acceptors (Lipinski definition) is 4. The quantitative estimate of drug-likeness (QED) is 0.418. The minimum absolute atomic E-state index is 0.0387. The summed E-state index contributed by atoms with van der Waals surface area (Å²) in [6, 6.07) is 29.4. The number of carbonyl (C=O) groups is 1. The molecule has 0 fully saturated rings. The van der Waals surface area contributed by atoms with Gasteiger partial charge < -0.3 is 9.84 Å². The Labute approximate surface area is 176 Å². The standard InChI is InChI=1S/C25H18O4S/c26-20-8-14-23(15-9-20)30(28)24-16-12-22(13-17-24)29-21-10-6-19(7-11-21)25(27)18-4-2-1-3-5-18/h1-17,26H. The highest BCUT2D eigenvalue weighted by Crippen LogP contribution is 2.25. The second-order valence-electron chi connectivity index (χ2n) is 6.56. The first-order chi connectivity index (χ1) is 14.6. The Bertz CT molecular complexity index is 1170. The third-order valence-electron chi connectivity index (χ3n) is 4.48. The van der Waals surface area contributed by atoms with E-state index < -0.39 is 10.8 Å². The Balaban J connectivity index is 1.44. The van der Waals surface area contributed by atoms with Crippen molar-refractivity contribution in [2.24, 2.45) is 0 Å². The van der Waals surface area contributed by atoms with Crippen molar-refractivity contribution in [2.75, 3.05) is 0 Å². The third-order valence-corrected chi connectivity index (χ3v) is 5.88. The first kappa shape index (κ1) is 19.6. The minimum atomic E-state index is -1.34. The van der Waals surface area contributed by atoms with Gasteiger partial charge in [-0.2, -0.15) is 0 Å². The van der Waals surface area contributed by atoms with Crippen LogP contribution in [0.2, 0.25) is 0 Å². The number of ether oxygens (including phenoxy) is 1. The molecule has 0 saturated carbocycles. The largest absolute Gasteiger partial charge is 0.508 e. The van der Waals surface area contributed by atoms with Gasteiger partial charge in [0.25, 0.3) is 0 Å². The van der Waals surface area contributed by atoms with Gasteiger partial charge in [0.15, 0.2) is 5.78 Å². The zero-order chi connectivity index (χ0) is 20.9. The van der Waals surface area contributed by atoms with Gasteiger partial charge in [-0.15, -0.1) is 0 Å². The van der Waals surface area contributed by atoms with Gasteiger partial charge in [-0.25, -0.2) is 4.21 Å². The molecule has 0 heterocycles. The van der Waals surface area contributed by atoms with E-state index in [2.05, 4.69) is 0 Å². The maximum absolute atomic E-state index is 12.6. The van der Waals surface area contributed by atoms with E-state index in [4.69, 9.17) is 4.74 Å². The molecule has 0 spiro atoms. The van der Waals surface area contributed by atoms with E-state index in [1.165, 1.54) is 12.1 Å². The van der Waals surface area contributed by atoms with E-state index >= 15 is 0 Å². The van der Waals surface area contributed by atoms with Crippen molar-refractivity contribution < 1.29 is 18.8 Å². The van der Waals surface area contributed by atoms with Crippen LogP contribution in [0.4, 0.5) is 0 Å². The van der Waals surface area contributed by atoms with Crippen molar-refractivity contribution in [1.82, 2.24) is 0 Å². The Morgan fingerprint density at radius 2 is 1.10 bits per heavy atom. The Morgan fingerprint density at radius 3 is 1.67 bits per heavy atom. The molecule has 1 N–H and O–H groups in total. The van der Waals surface area contributed by atoms with Crippen LogP contribution in [0, 0.1) is 0 Å². The maximum Gasteiger partial charge on any atom is 0.193 e. The van der Waals surface area contributed by atoms with E-state index in [9.17, 15) is 14.1 Å². The highest BCUT2D eigenvalue weighted by Gasteiger charge is 2.10. The lowest BCUT2D eigenvalue weighted by atomic mass is 10.0. The summed E-state index contributed by atoms with van der Waals surface area (Å²) in [5, 5.41) is 9.36. The molecule has 4 aromatic carbocycles. The molecule has 5 heteroatoms. The molecule has 1 atom stereocenters. The SMILES string of the molecule is O=C(c1ccccc1)c1ccc(Oc2ccc(S(=O)c3ccc(O)cc3)cc2)cc1. The maximum atomic E-state index is 12.6. The van der Waals surface area contributed by atoms with E-state index in [0.29, 0.717) is 32.4 Å². The van der Waals surface area contributed by atoms with Crippen LogP contribution in [0.3, 0.4) is 0 Å². The lowest BCUT2D eigenvalue weighted by molar-refractivity contribution is 0.103. The van der Waals surface area contributed by atoms with Gasteiger partial charge in [0, 0.05) is 20.9 Å². The van der Waals surface area contributed by atoms with Gasteiger partial charge in [0.1, 0.15) is 17.2 Å². The van der Waals surface area contributed by atoms with Crippen LogP contribution < -0.4 is 4.74 Å². The number of ketones is 1. The second kappa shape index (κ2) is 8.76. The van der Waals surface area contributed by atoms with Gasteiger partial charge in [0.05, 0.1) is 10.8 Å². The molecule has 0 aliphatic rings. The Hall–Kier alpha value is -3.70. The summed E-state index contributed by atoms with van der Waals surface area (Å²) in [4.78, 5) is 13.7. The topological polar surface area (TPSA) is 63.6 Å². The summed E-state index contributed by atoms with van der Waals surface area (Å²) in [5.74, 6) is 1.30. The molecule has 0 bridgehead atoms. The molecule has 4 nitrogen and oxygen atoms in total. The number of rotatable bonds is 6. The Morgan fingerprint density at radius 1 is 0.633 bits per heavy atom. The van der Waals surface area contributed by atoms with Crippen LogP contribution in [0.1, 0.15) is 15.9 Å². The molecule has 4 rings (SSSR count). The van der Waals surface area contributed by atoms with Crippen LogP contribution in [0.5, 0.6) is 17.2 Å². The van der Waals surface area contributed by atoms with Crippen molar-refractivity contribution in [3.63, 3.8) is 0 Å². The summed E-state index contributed by atoms with van der Waals surface area (Å²) < 4.78 is 18.4. The van der Waals surface area contributed by atoms with Crippen LogP contribution in [-0.2, 0) is 10.8 Å². The van der Waals surface area contributed by atoms with Gasteiger partial charge >= 0.3 is 0 Å². The third kappa shape index (κ3) is 4.47. The molecule has 0 aliphatic carbocycles. The fourth-order valence-corrected chi connectivity index (χ4v) is 3.94. The Kier molecular flexibility index (Phi) is 5.72. The molecule has 148 valence electrons. The fourth-order valence-electron chi connectivity index (χ4n) is 2.90. The first-order valence-corrected chi connectivity index (χ1v) is 10.4. The molecule has 0 amide bonds. The van der Waals surface area contributed by atoms with Crippen molar-refractivity contribution in [3.05, 3.63) is 114 Å². The highest BCUT2D eigenvalue weighted by atomic mass is 32.2. The van der Waals surface area contributed by atoms with Gasteiger partial charge in [-0.05, 0) is 72.8 Å². The van der Waals surface area contributed by atoms with Gasteiger partial charge in [0.2, 0.25) is 0 Å². The highest BCUT2D eigenvalue weighted by molar-refractivity contribution is 7.85. The van der Waals surface area contributed by atoms with Crippen LogP contribution in [0.25, 0.3) is 0 Å². The van der Waals surface area contributed by atoms with Crippen LogP contribution in [-0.4, -0.2) is 15.1 Å². The normalized spacial score (nSPS) is 11.6. The summed E-state index contributed by atoms with van der Waals surface area (Å²) in [5.41, 5.74) is 1.23. The summed E-state index contributed by atoms with van der Waals surface area (Å²) in [6.07, 6.45) is 0. The van der Waals surface area contributed by atoms with Gasteiger partial charge in [-0.1, -0.05) is 30.3 Å². The van der Waals surface area contributed by atoms with Crippen molar-refractivity contribution >= 4 is 16.6 Å². The fraction of sp³-hybridized carbons (Fsp3) is 0. The number of carbonyl (C=O) groups excluding carboxylic acids is 1. The van der Waals surface area contributed by atoms with Crippen molar-refractivity contribution in [3.8, 4) is 17.2 Å². The number of aromatic hydroxyl groups is 1. The molecule has 1 unspecified atom stereocenters. The summed E-state index contributed by atoms with van der Waals surface area (Å²) >= 11 is 0. The molecular weight excluding hydrogens is 396 g/mol. The summed E-state index contributed by atoms with van der Waals surface area (Å²) in [7, 11) is -1.34. The average Bonchev–Trinajstić information content (AvgIpc) is 2.80. The lowest BCUT2D eigenvalue weighted by Crippen LogP contribution is -2.00. The smallest absolute Gasteiger partial charge is 0.193 e. The van der Waals surface area contributed by atoms with Crippen LogP contribution in [0.15, 0.2) is 113 Å².